The Labute approximate surface area is 195 Å². The van der Waals surface area contributed by atoms with Crippen molar-refractivity contribution >= 4 is 29.0 Å². The molecule has 0 saturated carbocycles. The smallest absolute Gasteiger partial charge is 0.408 e. The third kappa shape index (κ3) is 6.65. The van der Waals surface area contributed by atoms with Crippen LogP contribution in [0.15, 0.2) is 29.6 Å². The average Bonchev–Trinajstić information content (AvgIpc) is 3.40. The van der Waals surface area contributed by atoms with Crippen LogP contribution < -0.4 is 15.5 Å². The first-order valence-corrected chi connectivity index (χ1v) is 11.4. The summed E-state index contributed by atoms with van der Waals surface area (Å²) in [6.07, 6.45) is 0.169. The number of rotatable bonds is 6. The zero-order chi connectivity index (χ0) is 24.2. The Morgan fingerprint density at radius 3 is 2.70 bits per heavy atom. The molecule has 1 aliphatic rings. The Kier molecular flexibility index (Phi) is 7.53. The summed E-state index contributed by atoms with van der Waals surface area (Å²) in [6.45, 7) is 5.99. The zero-order valence-corrected chi connectivity index (χ0v) is 19.5. The molecule has 10 heteroatoms. The summed E-state index contributed by atoms with van der Waals surface area (Å²) in [5.74, 6) is -2.48. The third-order valence-electron chi connectivity index (χ3n) is 5.03. The van der Waals surface area contributed by atoms with Crippen molar-refractivity contribution in [2.24, 2.45) is 0 Å². The van der Waals surface area contributed by atoms with Crippen LogP contribution in [0, 0.1) is 23.0 Å². The SMILES string of the molecule is CC(C)(C)OC(=O)N[C@@H](Cc1cccs1)C(=O)N[C@H]1CCN(c2cc(F)c(F)cc2C#N)C1. The van der Waals surface area contributed by atoms with Gasteiger partial charge in [-0.3, -0.25) is 4.79 Å². The van der Waals surface area contributed by atoms with E-state index in [0.717, 1.165) is 17.0 Å². The molecular weight excluding hydrogens is 450 g/mol. The number of benzene rings is 1. The Bertz CT molecular complexity index is 1050. The minimum Gasteiger partial charge on any atom is -0.444 e. The van der Waals surface area contributed by atoms with E-state index in [0.29, 0.717) is 25.9 Å². The number of ether oxygens (including phenoxy) is 1. The number of anilines is 1. The molecule has 2 aromatic rings. The van der Waals surface area contributed by atoms with Gasteiger partial charge in [0, 0.05) is 36.5 Å². The van der Waals surface area contributed by atoms with Crippen LogP contribution in [0.3, 0.4) is 0 Å². The number of hydrogen-bond donors (Lipinski definition) is 2. The minimum atomic E-state index is -1.08. The highest BCUT2D eigenvalue weighted by Gasteiger charge is 2.30. The zero-order valence-electron chi connectivity index (χ0n) is 18.7. The van der Waals surface area contributed by atoms with E-state index in [1.165, 1.54) is 11.3 Å². The van der Waals surface area contributed by atoms with E-state index in [4.69, 9.17) is 4.74 Å². The van der Waals surface area contributed by atoms with Gasteiger partial charge in [-0.2, -0.15) is 5.26 Å². The predicted molar refractivity (Wildman–Crippen MR) is 121 cm³/mol. The monoisotopic (exact) mass is 476 g/mol. The van der Waals surface area contributed by atoms with Crippen LogP contribution in [0.2, 0.25) is 0 Å². The second kappa shape index (κ2) is 10.2. The number of amides is 2. The minimum absolute atomic E-state index is 0.0306. The number of carbonyl (C=O) groups excluding carboxylic acids is 2. The fourth-order valence-electron chi connectivity index (χ4n) is 3.58. The molecular formula is C23H26F2N4O3S. The topological polar surface area (TPSA) is 94.5 Å². The van der Waals surface area contributed by atoms with Gasteiger partial charge >= 0.3 is 6.09 Å². The van der Waals surface area contributed by atoms with Crippen molar-refractivity contribution in [1.29, 1.82) is 5.26 Å². The molecule has 1 saturated heterocycles. The molecule has 2 heterocycles. The van der Waals surface area contributed by atoms with Crippen LogP contribution in [0.1, 0.15) is 37.6 Å². The van der Waals surface area contributed by atoms with Crippen molar-refractivity contribution in [3.05, 3.63) is 51.7 Å². The highest BCUT2D eigenvalue weighted by Crippen LogP contribution is 2.27. The molecule has 1 aromatic carbocycles. The van der Waals surface area contributed by atoms with Crippen molar-refractivity contribution in [3.63, 3.8) is 0 Å². The maximum absolute atomic E-state index is 13.7. The Hall–Kier alpha value is -3.19. The van der Waals surface area contributed by atoms with Gasteiger partial charge in [0.25, 0.3) is 0 Å². The molecule has 2 atom stereocenters. The number of nitrogens with zero attached hydrogens (tertiary/aromatic N) is 2. The lowest BCUT2D eigenvalue weighted by Gasteiger charge is -2.24. The second-order valence-corrected chi connectivity index (χ2v) is 9.85. The van der Waals surface area contributed by atoms with E-state index >= 15 is 0 Å². The lowest BCUT2D eigenvalue weighted by atomic mass is 10.1. The van der Waals surface area contributed by atoms with E-state index in [1.54, 1.807) is 25.7 Å². The molecule has 2 amide bonds. The van der Waals surface area contributed by atoms with Gasteiger partial charge in [-0.1, -0.05) is 6.07 Å². The number of thiophene rings is 1. The summed E-state index contributed by atoms with van der Waals surface area (Å²) < 4.78 is 32.5. The first-order chi connectivity index (χ1) is 15.6. The Morgan fingerprint density at radius 2 is 2.06 bits per heavy atom. The highest BCUT2D eigenvalue weighted by molar-refractivity contribution is 7.09. The van der Waals surface area contributed by atoms with Gasteiger partial charge in [-0.25, -0.2) is 13.6 Å². The van der Waals surface area contributed by atoms with Gasteiger partial charge in [0.2, 0.25) is 5.91 Å². The van der Waals surface area contributed by atoms with E-state index in [9.17, 15) is 23.6 Å². The number of carbonyl (C=O) groups is 2. The predicted octanol–water partition coefficient (Wildman–Crippen LogP) is 3.73. The van der Waals surface area contributed by atoms with Gasteiger partial charge in [-0.05, 0) is 44.7 Å². The number of nitrogens with one attached hydrogen (secondary N) is 2. The normalized spacial score (nSPS) is 16.7. The lowest BCUT2D eigenvalue weighted by Crippen LogP contribution is -2.52. The van der Waals surface area contributed by atoms with Crippen LogP contribution in [-0.2, 0) is 16.0 Å². The summed E-state index contributed by atoms with van der Waals surface area (Å²) in [5.41, 5.74) is -0.388. The van der Waals surface area contributed by atoms with Crippen molar-refractivity contribution < 1.29 is 23.1 Å². The molecule has 176 valence electrons. The molecule has 0 spiro atoms. The maximum atomic E-state index is 13.7. The molecule has 0 unspecified atom stereocenters. The molecule has 1 aromatic heterocycles. The van der Waals surface area contributed by atoms with E-state index in [1.807, 2.05) is 23.6 Å². The van der Waals surface area contributed by atoms with Gasteiger partial charge in [0.1, 0.15) is 17.7 Å². The Balaban J connectivity index is 1.68. The van der Waals surface area contributed by atoms with E-state index < -0.39 is 29.4 Å². The van der Waals surface area contributed by atoms with Gasteiger partial charge in [-0.15, -0.1) is 11.3 Å². The molecule has 1 fully saturated rings. The summed E-state index contributed by atoms with van der Waals surface area (Å²) in [7, 11) is 0. The summed E-state index contributed by atoms with van der Waals surface area (Å²) in [4.78, 5) is 28.0. The van der Waals surface area contributed by atoms with Crippen LogP contribution in [0.5, 0.6) is 0 Å². The number of hydrogen-bond acceptors (Lipinski definition) is 6. The van der Waals surface area contributed by atoms with Crippen LogP contribution in [0.25, 0.3) is 0 Å². The van der Waals surface area contributed by atoms with Crippen molar-refractivity contribution in [2.75, 3.05) is 18.0 Å². The molecule has 1 aliphatic heterocycles. The molecule has 3 rings (SSSR count). The fourth-order valence-corrected chi connectivity index (χ4v) is 4.33. The molecule has 33 heavy (non-hydrogen) atoms. The summed E-state index contributed by atoms with van der Waals surface area (Å²) in [5, 5.41) is 16.7. The standard InChI is InChI=1S/C23H26F2N4O3S/c1-23(2,3)32-22(31)28-19(10-16-5-4-8-33-16)21(30)27-15-6-7-29(13-15)20-11-18(25)17(24)9-14(20)12-26/h4-5,8-9,11,15,19H,6-7,10,13H2,1-3H3,(H,27,30)(H,28,31)/t15-,19-/m0/s1. The van der Waals surface area contributed by atoms with E-state index in [-0.39, 0.29) is 23.2 Å². The van der Waals surface area contributed by atoms with Crippen LogP contribution in [-0.4, -0.2) is 42.8 Å². The first kappa shape index (κ1) is 24.5. The summed E-state index contributed by atoms with van der Waals surface area (Å²) in [6, 6.07) is 6.38. The average molecular weight is 477 g/mol. The van der Waals surface area contributed by atoms with Gasteiger partial charge in [0.15, 0.2) is 11.6 Å². The molecule has 0 aliphatic carbocycles. The molecule has 7 nitrogen and oxygen atoms in total. The van der Waals surface area contributed by atoms with E-state index in [2.05, 4.69) is 10.6 Å². The number of nitriles is 1. The van der Waals surface area contributed by atoms with Crippen molar-refractivity contribution in [2.45, 2.75) is 51.3 Å². The van der Waals surface area contributed by atoms with Gasteiger partial charge < -0.3 is 20.3 Å². The largest absolute Gasteiger partial charge is 0.444 e. The quantitative estimate of drug-likeness (QED) is 0.663. The molecule has 2 N–H and O–H groups in total. The first-order valence-electron chi connectivity index (χ1n) is 10.5. The van der Waals surface area contributed by atoms with Crippen LogP contribution >= 0.6 is 11.3 Å². The van der Waals surface area contributed by atoms with Crippen LogP contribution in [0.4, 0.5) is 19.3 Å². The molecule has 0 radical (unpaired) electrons. The number of alkyl carbamates (subject to hydrolysis) is 1. The molecule has 0 bridgehead atoms. The van der Waals surface area contributed by atoms with Crippen molar-refractivity contribution in [3.8, 4) is 6.07 Å². The lowest BCUT2D eigenvalue weighted by molar-refractivity contribution is -0.123. The third-order valence-corrected chi connectivity index (χ3v) is 5.93. The second-order valence-electron chi connectivity index (χ2n) is 8.82. The number of halogens is 2. The summed E-state index contributed by atoms with van der Waals surface area (Å²) >= 11 is 1.48. The highest BCUT2D eigenvalue weighted by atomic mass is 32.1. The van der Waals surface area contributed by atoms with Crippen molar-refractivity contribution in [1.82, 2.24) is 10.6 Å². The fraction of sp³-hybridized carbons (Fsp3) is 0.435. The Morgan fingerprint density at radius 1 is 1.33 bits per heavy atom. The maximum Gasteiger partial charge on any atom is 0.408 e. The van der Waals surface area contributed by atoms with Gasteiger partial charge in [0.05, 0.1) is 11.3 Å².